The molecule has 1 nitrogen and oxygen atoms in total. The van der Waals surface area contributed by atoms with Crippen LogP contribution in [-0.4, -0.2) is 4.98 Å². The third-order valence-corrected chi connectivity index (χ3v) is 1.75. The van der Waals surface area contributed by atoms with Gasteiger partial charge in [-0.1, -0.05) is 0 Å². The van der Waals surface area contributed by atoms with Gasteiger partial charge in [0.1, 0.15) is 5.69 Å². The van der Waals surface area contributed by atoms with Crippen molar-refractivity contribution in [2.24, 2.45) is 0 Å². The number of hydrogen-bond donors (Lipinski definition) is 0. The van der Waals surface area contributed by atoms with Gasteiger partial charge in [-0.3, -0.25) is 0 Å². The van der Waals surface area contributed by atoms with Gasteiger partial charge >= 0.3 is 6.18 Å². The van der Waals surface area contributed by atoms with Crippen LogP contribution in [-0.2, 0) is 6.18 Å². The minimum atomic E-state index is -5.18. The maximum Gasteiger partial charge on any atom is 0.433 e. The molecule has 0 fully saturated rings. The summed E-state index contributed by atoms with van der Waals surface area (Å²) in [6.07, 6.45) is -5.18. The second-order valence-electron chi connectivity index (χ2n) is 2.12. The molecule has 1 aromatic rings. The fourth-order valence-electron chi connectivity index (χ4n) is 0.650. The smallest absolute Gasteiger partial charge is 0.247 e. The van der Waals surface area contributed by atoms with Crippen molar-refractivity contribution < 1.29 is 22.8 Å². The Morgan fingerprint density at radius 3 is 2.69 bits per heavy atom. The second kappa shape index (κ2) is 3.29. The molecular weight excluding hydrogens is 247 g/mol. The van der Waals surface area contributed by atoms with E-state index in [1.807, 2.05) is 0 Å². The monoisotopic (exact) mass is 260 g/mol. The first-order valence-electron chi connectivity index (χ1n) is 6.45. The molecule has 5 heteroatoms. The molecule has 0 amide bonds. The molecule has 0 radical (unpaired) electrons. The fourth-order valence-corrected chi connectivity index (χ4v) is 0.937. The number of aryl methyl sites for hydroxylation is 1. The van der Waals surface area contributed by atoms with Gasteiger partial charge < -0.3 is 0 Å². The van der Waals surface area contributed by atoms with Gasteiger partial charge in [0.15, 0.2) is 0 Å². The van der Waals surface area contributed by atoms with E-state index in [2.05, 4.69) is 20.9 Å². The summed E-state index contributed by atoms with van der Waals surface area (Å²) in [4.78, 5) is 2.93. The first kappa shape index (κ1) is 4.29. The van der Waals surface area contributed by atoms with Crippen LogP contribution in [0.25, 0.3) is 0 Å². The highest BCUT2D eigenvalue weighted by molar-refractivity contribution is 9.10. The van der Waals surface area contributed by atoms with Crippen LogP contribution in [0.4, 0.5) is 13.2 Å². The van der Waals surface area contributed by atoms with Gasteiger partial charge in [-0.2, -0.15) is 13.2 Å². The van der Waals surface area contributed by atoms with Gasteiger partial charge in [0.05, 0.1) is 7.06 Å². The average Bonchev–Trinajstić information content (AvgIpc) is 2.15. The van der Waals surface area contributed by atoms with Crippen LogP contribution in [0.2, 0.25) is 0 Å². The maximum atomic E-state index is 12.9. The number of aromatic nitrogens is 1. The second-order valence-corrected chi connectivity index (χ2v) is 2.91. The SMILES string of the molecule is [2H]c1c(Br)c(C([2H])([2H])[2H])nc(C(F)(F)F)c1C([2H])([2H])[2H]. The van der Waals surface area contributed by atoms with Crippen molar-refractivity contribution in [3.05, 3.63) is 27.5 Å². The molecule has 1 aromatic heterocycles. The van der Waals surface area contributed by atoms with Gasteiger partial charge in [0, 0.05) is 12.7 Å². The van der Waals surface area contributed by atoms with Crippen molar-refractivity contribution in [3.63, 3.8) is 0 Å². The van der Waals surface area contributed by atoms with Crippen LogP contribution >= 0.6 is 15.9 Å². The quantitative estimate of drug-likeness (QED) is 0.696. The Balaban J connectivity index is 3.85. The van der Waals surface area contributed by atoms with E-state index in [1.165, 1.54) is 0 Å². The number of pyridine rings is 1. The Kier molecular flexibility index (Phi) is 1.09. The van der Waals surface area contributed by atoms with E-state index in [4.69, 9.17) is 9.60 Å². The Bertz CT molecular complexity index is 535. The summed E-state index contributed by atoms with van der Waals surface area (Å²) in [7, 11) is 0. The summed E-state index contributed by atoms with van der Waals surface area (Å²) in [5.41, 5.74) is -4.20. The summed E-state index contributed by atoms with van der Waals surface area (Å²) in [6.45, 7) is -6.26. The third-order valence-electron chi connectivity index (χ3n) is 1.17. The van der Waals surface area contributed by atoms with E-state index in [9.17, 15) is 13.2 Å². The third kappa shape index (κ3) is 2.21. The topological polar surface area (TPSA) is 12.9 Å². The zero-order valence-electron chi connectivity index (χ0n) is 13.0. The molecule has 0 unspecified atom stereocenters. The lowest BCUT2D eigenvalue weighted by Gasteiger charge is -2.10. The predicted molar refractivity (Wildman–Crippen MR) is 46.4 cm³/mol. The largest absolute Gasteiger partial charge is 0.433 e. The van der Waals surface area contributed by atoms with Crippen molar-refractivity contribution in [1.82, 2.24) is 4.98 Å². The Morgan fingerprint density at radius 1 is 1.54 bits per heavy atom. The standard InChI is InChI=1S/C8H7BrF3N/c1-4-3-6(9)5(2)13-7(4)8(10,11)12/h3H,1-2H3/i1D3,2D3,3D. The highest BCUT2D eigenvalue weighted by Gasteiger charge is 2.34. The van der Waals surface area contributed by atoms with Crippen LogP contribution < -0.4 is 0 Å². The molecule has 0 N–H and O–H groups in total. The van der Waals surface area contributed by atoms with Gasteiger partial charge in [0.2, 0.25) is 0 Å². The van der Waals surface area contributed by atoms with Crippen LogP contribution in [0.3, 0.4) is 0 Å². The van der Waals surface area contributed by atoms with Crippen LogP contribution in [0.1, 0.15) is 26.5 Å². The van der Waals surface area contributed by atoms with E-state index in [0.717, 1.165) is 0 Å². The van der Waals surface area contributed by atoms with E-state index < -0.39 is 47.3 Å². The molecule has 0 aliphatic heterocycles. The van der Waals surface area contributed by atoms with E-state index in [0.29, 0.717) is 0 Å². The summed E-state index contributed by atoms with van der Waals surface area (Å²) >= 11 is 2.63. The van der Waals surface area contributed by atoms with Crippen molar-refractivity contribution in [3.8, 4) is 0 Å². The number of nitrogens with zero attached hydrogens (tertiary/aromatic N) is 1. The molecule has 0 bridgehead atoms. The summed E-state index contributed by atoms with van der Waals surface area (Å²) in [6, 6.07) is -1.06. The van der Waals surface area contributed by atoms with Crippen LogP contribution in [0, 0.1) is 13.7 Å². The normalized spacial score (nSPS) is 21.7. The molecular formula is C8H7BrF3N. The summed E-state index contributed by atoms with van der Waals surface area (Å²) < 4.78 is 88.0. The van der Waals surface area contributed by atoms with E-state index >= 15 is 0 Å². The van der Waals surface area contributed by atoms with Crippen molar-refractivity contribution in [1.29, 1.82) is 0 Å². The number of hydrogen-bond acceptors (Lipinski definition) is 1. The lowest BCUT2D eigenvalue weighted by atomic mass is 10.2. The molecule has 0 spiro atoms. The van der Waals surface area contributed by atoms with Gasteiger partial charge in [-0.25, -0.2) is 4.98 Å². The molecule has 72 valence electrons. The number of halogens is 4. The molecule has 0 saturated carbocycles. The highest BCUT2D eigenvalue weighted by atomic mass is 79.9. The molecule has 0 atom stereocenters. The minimum absolute atomic E-state index is 0.586. The van der Waals surface area contributed by atoms with Crippen LogP contribution in [0.5, 0.6) is 0 Å². The lowest BCUT2D eigenvalue weighted by Crippen LogP contribution is -2.11. The molecule has 0 aliphatic rings. The minimum Gasteiger partial charge on any atom is -0.247 e. The number of rotatable bonds is 0. The molecule has 0 aliphatic carbocycles. The van der Waals surface area contributed by atoms with Crippen LogP contribution in [0.15, 0.2) is 10.5 Å². The fraction of sp³-hybridized carbons (Fsp3) is 0.375. The average molecular weight is 261 g/mol. The highest BCUT2D eigenvalue weighted by Crippen LogP contribution is 2.31. The van der Waals surface area contributed by atoms with E-state index in [-0.39, 0.29) is 0 Å². The van der Waals surface area contributed by atoms with Crippen molar-refractivity contribution in [2.45, 2.75) is 19.9 Å². The first-order chi connectivity index (χ1) is 8.67. The zero-order valence-corrected chi connectivity index (χ0v) is 7.55. The molecule has 1 rings (SSSR count). The molecule has 0 saturated heterocycles. The number of alkyl halides is 3. The Labute approximate surface area is 91.9 Å². The van der Waals surface area contributed by atoms with Crippen molar-refractivity contribution >= 4 is 15.9 Å². The maximum absolute atomic E-state index is 12.9. The Hall–Kier alpha value is -0.580. The molecule has 1 heterocycles. The first-order valence-corrected chi connectivity index (χ1v) is 3.75. The lowest BCUT2D eigenvalue weighted by molar-refractivity contribution is -0.141. The van der Waals surface area contributed by atoms with Crippen molar-refractivity contribution in [2.75, 3.05) is 0 Å². The van der Waals surface area contributed by atoms with E-state index in [1.54, 1.807) is 0 Å². The summed E-state index contributed by atoms with van der Waals surface area (Å²) in [5.74, 6) is 0. The molecule has 0 aromatic carbocycles. The predicted octanol–water partition coefficient (Wildman–Crippen LogP) is 3.48. The van der Waals surface area contributed by atoms with Gasteiger partial charge in [-0.05, 0) is 41.2 Å². The zero-order chi connectivity index (χ0) is 16.1. The van der Waals surface area contributed by atoms with Gasteiger partial charge in [0.25, 0.3) is 0 Å². The molecule has 13 heavy (non-hydrogen) atoms. The Morgan fingerprint density at radius 2 is 2.23 bits per heavy atom. The summed E-state index contributed by atoms with van der Waals surface area (Å²) in [5, 5.41) is 0. The van der Waals surface area contributed by atoms with Gasteiger partial charge in [-0.15, -0.1) is 0 Å².